The van der Waals surface area contributed by atoms with Crippen LogP contribution in [0.3, 0.4) is 0 Å². The Morgan fingerprint density at radius 3 is 2.44 bits per heavy atom. The van der Waals surface area contributed by atoms with Crippen LogP contribution in [0.15, 0.2) is 0 Å². The predicted molar refractivity (Wildman–Crippen MR) is 65.7 cm³/mol. The Morgan fingerprint density at radius 1 is 1.50 bits per heavy atom. The lowest BCUT2D eigenvalue weighted by Gasteiger charge is -2.21. The molecule has 0 saturated heterocycles. The number of urea groups is 1. The number of nitrogens with one attached hydrogen (secondary N) is 1. The number of carbonyl (C=O) groups excluding carboxylic acids is 1. The van der Waals surface area contributed by atoms with E-state index in [1.807, 2.05) is 0 Å². The van der Waals surface area contributed by atoms with E-state index >= 15 is 0 Å². The molecule has 0 aromatic heterocycles. The second-order valence-electron chi connectivity index (χ2n) is 3.90. The number of carboxylic acid groups (broad SMARTS) is 1. The molecule has 0 bridgehead atoms. The normalized spacial score (nSPS) is 12.3. The van der Waals surface area contributed by atoms with Gasteiger partial charge in [0, 0.05) is 12.3 Å². The number of hydrogen-bond acceptors (Lipinski definition) is 4. The molecule has 0 spiro atoms. The Kier molecular flexibility index (Phi) is 6.19. The van der Waals surface area contributed by atoms with Crippen molar-refractivity contribution in [3.05, 3.63) is 0 Å². The van der Waals surface area contributed by atoms with Gasteiger partial charge in [-0.15, -0.1) is 6.42 Å². The molecule has 0 radical (unpaired) electrons. The van der Waals surface area contributed by atoms with Gasteiger partial charge < -0.3 is 15.3 Å². The van der Waals surface area contributed by atoms with Crippen molar-refractivity contribution in [2.75, 3.05) is 25.1 Å². The van der Waals surface area contributed by atoms with E-state index in [4.69, 9.17) is 11.5 Å². The summed E-state index contributed by atoms with van der Waals surface area (Å²) in [7, 11) is -3.22. The lowest BCUT2D eigenvalue weighted by molar-refractivity contribution is -0.137. The minimum atomic E-state index is -3.22. The number of aliphatic carboxylic acids is 1. The first-order valence-corrected chi connectivity index (χ1v) is 7.10. The third-order valence-electron chi connectivity index (χ3n) is 1.82. The van der Waals surface area contributed by atoms with Crippen molar-refractivity contribution in [1.29, 1.82) is 0 Å². The number of carbonyl (C=O) groups is 2. The molecule has 0 fully saturated rings. The van der Waals surface area contributed by atoms with E-state index < -0.39 is 34.4 Å². The Hall–Kier alpha value is -1.75. The Balaban J connectivity index is 4.51. The number of carboxylic acids is 1. The maximum atomic E-state index is 11.6. The number of sulfone groups is 1. The third-order valence-corrected chi connectivity index (χ3v) is 2.92. The van der Waals surface area contributed by atoms with Gasteiger partial charge in [0.1, 0.15) is 16.4 Å². The second kappa shape index (κ2) is 6.86. The minimum Gasteiger partial charge on any atom is -0.480 e. The first kappa shape index (κ1) is 16.2. The minimum absolute atomic E-state index is 0.163. The number of nitrogens with zero attached hydrogens (tertiary/aromatic N) is 1. The molecule has 0 saturated carbocycles. The summed E-state index contributed by atoms with van der Waals surface area (Å²) in [5, 5.41) is 11.0. The van der Waals surface area contributed by atoms with Gasteiger partial charge in [-0.05, 0) is 6.92 Å². The second-order valence-corrected chi connectivity index (χ2v) is 6.08. The molecule has 0 aromatic carbocycles. The molecule has 0 rings (SSSR count). The molecular formula is C10H16N2O5S. The molecule has 1 atom stereocenters. The lowest BCUT2D eigenvalue weighted by atomic mass is 10.4. The van der Waals surface area contributed by atoms with Crippen molar-refractivity contribution in [3.8, 4) is 12.3 Å². The summed E-state index contributed by atoms with van der Waals surface area (Å²) in [4.78, 5) is 23.0. The van der Waals surface area contributed by atoms with Gasteiger partial charge in [-0.3, -0.25) is 4.79 Å². The fraction of sp³-hybridized carbons (Fsp3) is 0.600. The Labute approximate surface area is 106 Å². The van der Waals surface area contributed by atoms with E-state index in [0.717, 1.165) is 11.2 Å². The van der Waals surface area contributed by atoms with Crippen LogP contribution in [0.4, 0.5) is 4.79 Å². The zero-order chi connectivity index (χ0) is 14.3. The summed E-state index contributed by atoms with van der Waals surface area (Å²) >= 11 is 0. The number of rotatable bonds is 6. The van der Waals surface area contributed by atoms with Crippen LogP contribution in [-0.4, -0.2) is 61.6 Å². The van der Waals surface area contributed by atoms with Gasteiger partial charge >= 0.3 is 12.0 Å². The highest BCUT2D eigenvalue weighted by Crippen LogP contribution is 1.94. The molecule has 0 heterocycles. The van der Waals surface area contributed by atoms with E-state index in [1.165, 1.54) is 6.92 Å². The van der Waals surface area contributed by atoms with Crippen LogP contribution in [0.5, 0.6) is 0 Å². The van der Waals surface area contributed by atoms with Crippen molar-refractivity contribution < 1.29 is 23.1 Å². The fourth-order valence-corrected chi connectivity index (χ4v) is 2.26. The van der Waals surface area contributed by atoms with E-state index in [9.17, 15) is 18.0 Å². The van der Waals surface area contributed by atoms with Crippen LogP contribution in [0.25, 0.3) is 0 Å². The first-order valence-electron chi connectivity index (χ1n) is 5.04. The molecule has 1 unspecified atom stereocenters. The monoisotopic (exact) mass is 276 g/mol. The highest BCUT2D eigenvalue weighted by molar-refractivity contribution is 7.90. The van der Waals surface area contributed by atoms with Crippen LogP contribution in [-0.2, 0) is 14.6 Å². The quantitative estimate of drug-likeness (QED) is 0.615. The number of terminal acetylenes is 1. The van der Waals surface area contributed by atoms with Gasteiger partial charge in [0.05, 0.1) is 12.3 Å². The van der Waals surface area contributed by atoms with Crippen LogP contribution in [0.1, 0.15) is 6.92 Å². The summed E-state index contributed by atoms with van der Waals surface area (Å²) in [6, 6.07) is -1.33. The summed E-state index contributed by atoms with van der Waals surface area (Å²) in [5.74, 6) is 0.735. The number of hydrogen-bond donors (Lipinski definition) is 2. The standard InChI is InChI=1S/C10H16N2O5S/c1-4-5-12(6-9(13)14)10(15)11-8(2)7-18(3,16)17/h1,8H,5-7H2,2-3H3,(H,11,15)(H,13,14). The maximum absolute atomic E-state index is 11.6. The molecule has 0 aliphatic rings. The van der Waals surface area contributed by atoms with E-state index in [-0.39, 0.29) is 12.3 Å². The molecule has 0 aliphatic heterocycles. The average Bonchev–Trinajstić information content (AvgIpc) is 2.12. The van der Waals surface area contributed by atoms with Gasteiger partial charge in [-0.25, -0.2) is 13.2 Å². The van der Waals surface area contributed by atoms with Crippen molar-refractivity contribution in [3.63, 3.8) is 0 Å². The van der Waals surface area contributed by atoms with Gasteiger partial charge in [0.15, 0.2) is 0 Å². The number of amides is 2. The first-order chi connectivity index (χ1) is 8.15. The average molecular weight is 276 g/mol. The van der Waals surface area contributed by atoms with Crippen molar-refractivity contribution in [1.82, 2.24) is 10.2 Å². The van der Waals surface area contributed by atoms with E-state index in [0.29, 0.717) is 0 Å². The lowest BCUT2D eigenvalue weighted by Crippen LogP contribution is -2.47. The summed E-state index contributed by atoms with van der Waals surface area (Å²) in [5.41, 5.74) is 0. The third kappa shape index (κ3) is 7.51. The zero-order valence-corrected chi connectivity index (χ0v) is 11.0. The summed E-state index contributed by atoms with van der Waals surface area (Å²) in [6.07, 6.45) is 6.06. The molecule has 0 aromatic rings. The van der Waals surface area contributed by atoms with E-state index in [2.05, 4.69) is 11.2 Å². The van der Waals surface area contributed by atoms with Gasteiger partial charge in [-0.1, -0.05) is 5.92 Å². The van der Waals surface area contributed by atoms with Crippen LogP contribution in [0.2, 0.25) is 0 Å². The topological polar surface area (TPSA) is 104 Å². The maximum Gasteiger partial charge on any atom is 0.323 e. The van der Waals surface area contributed by atoms with Gasteiger partial charge in [0.2, 0.25) is 0 Å². The smallest absolute Gasteiger partial charge is 0.323 e. The van der Waals surface area contributed by atoms with Crippen molar-refractivity contribution in [2.45, 2.75) is 13.0 Å². The molecule has 0 aliphatic carbocycles. The van der Waals surface area contributed by atoms with Crippen LogP contribution < -0.4 is 5.32 Å². The SMILES string of the molecule is C#CCN(CC(=O)O)C(=O)NC(C)CS(C)(=O)=O. The van der Waals surface area contributed by atoms with Crippen LogP contribution in [0, 0.1) is 12.3 Å². The predicted octanol–water partition coefficient (Wildman–Crippen LogP) is -0.851. The van der Waals surface area contributed by atoms with Crippen molar-refractivity contribution in [2.24, 2.45) is 0 Å². The van der Waals surface area contributed by atoms with Crippen molar-refractivity contribution >= 4 is 21.8 Å². The zero-order valence-electron chi connectivity index (χ0n) is 10.2. The Bertz CT molecular complexity index is 451. The molecule has 18 heavy (non-hydrogen) atoms. The summed E-state index contributed by atoms with van der Waals surface area (Å²) < 4.78 is 22.0. The molecule has 2 amide bonds. The molecule has 2 N–H and O–H groups in total. The van der Waals surface area contributed by atoms with Gasteiger partial charge in [0.25, 0.3) is 0 Å². The van der Waals surface area contributed by atoms with E-state index in [1.54, 1.807) is 0 Å². The molecule has 8 heteroatoms. The largest absolute Gasteiger partial charge is 0.480 e. The highest BCUT2D eigenvalue weighted by Gasteiger charge is 2.19. The molecule has 102 valence electrons. The van der Waals surface area contributed by atoms with Gasteiger partial charge in [-0.2, -0.15) is 0 Å². The summed E-state index contributed by atoms with van der Waals surface area (Å²) in [6.45, 7) is 0.805. The Morgan fingerprint density at radius 2 is 2.06 bits per heavy atom. The van der Waals surface area contributed by atoms with Crippen LogP contribution >= 0.6 is 0 Å². The molecular weight excluding hydrogens is 260 g/mol. The molecule has 7 nitrogen and oxygen atoms in total. The fourth-order valence-electron chi connectivity index (χ4n) is 1.27. The highest BCUT2D eigenvalue weighted by atomic mass is 32.2.